The van der Waals surface area contributed by atoms with Crippen LogP contribution in [0.15, 0.2) is 146 Å². The van der Waals surface area contributed by atoms with Crippen LogP contribution in [0.1, 0.15) is 30.9 Å². The van der Waals surface area contributed by atoms with Gasteiger partial charge in [-0.3, -0.25) is 0 Å². The highest BCUT2D eigenvalue weighted by molar-refractivity contribution is 6.23. The van der Waals surface area contributed by atoms with E-state index in [4.69, 9.17) is 0 Å². The van der Waals surface area contributed by atoms with Crippen molar-refractivity contribution in [1.82, 2.24) is 4.57 Å². The van der Waals surface area contributed by atoms with Gasteiger partial charge in [-0.05, 0) is 80.7 Å². The lowest BCUT2D eigenvalue weighted by Gasteiger charge is -2.47. The molecule has 2 aliphatic heterocycles. The molecule has 47 heavy (non-hydrogen) atoms. The second-order valence-electron chi connectivity index (χ2n) is 14.0. The Morgan fingerprint density at radius 1 is 0.596 bits per heavy atom. The van der Waals surface area contributed by atoms with Crippen molar-refractivity contribution in [2.45, 2.75) is 31.5 Å². The van der Waals surface area contributed by atoms with Gasteiger partial charge in [-0.2, -0.15) is 0 Å². The van der Waals surface area contributed by atoms with Gasteiger partial charge in [-0.25, -0.2) is 0 Å². The highest BCUT2D eigenvalue weighted by atomic mass is 15.4. The predicted molar refractivity (Wildman–Crippen MR) is 199 cm³/mol. The molecule has 1 aromatic heterocycles. The maximum absolute atomic E-state index is 2.73. The summed E-state index contributed by atoms with van der Waals surface area (Å²) in [5, 5.41) is 10.6. The van der Waals surface area contributed by atoms with Gasteiger partial charge in [-0.15, -0.1) is 0 Å². The molecular weight excluding hydrogens is 569 g/mol. The SMILES string of the molecule is CC1(C)N2c3c(ccc4ccc5c6cc(-c7cccc8ccccc78)ccc6n1c5c34)C1C=C(c3cccc4ccccc34)C=CC12. The average Bonchev–Trinajstić information content (AvgIpc) is 3.64. The third-order valence-electron chi connectivity index (χ3n) is 11.4. The first kappa shape index (κ1) is 25.6. The zero-order chi connectivity index (χ0) is 31.0. The molecule has 2 nitrogen and oxygen atoms in total. The van der Waals surface area contributed by atoms with E-state index in [0.717, 1.165) is 0 Å². The molecule has 2 unspecified atom stereocenters. The summed E-state index contributed by atoms with van der Waals surface area (Å²) in [5.74, 6) is 0.289. The first-order valence-electron chi connectivity index (χ1n) is 16.8. The minimum Gasteiger partial charge on any atom is -0.340 e. The second-order valence-corrected chi connectivity index (χ2v) is 14.0. The van der Waals surface area contributed by atoms with E-state index in [1.807, 2.05) is 0 Å². The van der Waals surface area contributed by atoms with Crippen LogP contribution < -0.4 is 4.90 Å². The molecule has 222 valence electrons. The molecule has 11 rings (SSSR count). The number of nitrogens with zero attached hydrogens (tertiary/aromatic N) is 2. The first-order chi connectivity index (χ1) is 23.1. The first-order valence-corrected chi connectivity index (χ1v) is 16.8. The van der Waals surface area contributed by atoms with E-state index in [2.05, 4.69) is 169 Å². The predicted octanol–water partition coefficient (Wildman–Crippen LogP) is 11.6. The highest BCUT2D eigenvalue weighted by Gasteiger charge is 2.49. The molecule has 2 atom stereocenters. The Balaban J connectivity index is 1.16. The van der Waals surface area contributed by atoms with E-state index < -0.39 is 0 Å². The molecule has 0 spiro atoms. The Labute approximate surface area is 273 Å². The average molecular weight is 601 g/mol. The summed E-state index contributed by atoms with van der Waals surface area (Å²) in [6, 6.07) is 47.7. The summed E-state index contributed by atoms with van der Waals surface area (Å²) in [6.07, 6.45) is 7.40. The van der Waals surface area contributed by atoms with Crippen molar-refractivity contribution in [2.75, 3.05) is 4.90 Å². The second kappa shape index (κ2) is 8.80. The van der Waals surface area contributed by atoms with Crippen LogP contribution in [-0.2, 0) is 5.66 Å². The maximum atomic E-state index is 2.73. The number of hydrogen-bond donors (Lipinski definition) is 0. The van der Waals surface area contributed by atoms with Crippen LogP contribution in [0.5, 0.6) is 0 Å². The zero-order valence-corrected chi connectivity index (χ0v) is 26.4. The van der Waals surface area contributed by atoms with E-state index in [-0.39, 0.29) is 17.6 Å². The largest absolute Gasteiger partial charge is 0.340 e. The van der Waals surface area contributed by atoms with Crippen LogP contribution in [0.2, 0.25) is 0 Å². The fourth-order valence-electron chi connectivity index (χ4n) is 9.40. The molecule has 2 heteroatoms. The lowest BCUT2D eigenvalue weighted by molar-refractivity contribution is 0.335. The topological polar surface area (TPSA) is 8.17 Å². The summed E-state index contributed by atoms with van der Waals surface area (Å²) in [6.45, 7) is 4.84. The van der Waals surface area contributed by atoms with Gasteiger partial charge in [0, 0.05) is 22.1 Å². The van der Waals surface area contributed by atoms with Gasteiger partial charge in [0.05, 0.1) is 22.8 Å². The van der Waals surface area contributed by atoms with Gasteiger partial charge in [0.1, 0.15) is 5.66 Å². The van der Waals surface area contributed by atoms with Gasteiger partial charge >= 0.3 is 0 Å². The third kappa shape index (κ3) is 3.20. The van der Waals surface area contributed by atoms with Crippen molar-refractivity contribution in [2.24, 2.45) is 0 Å². The minimum atomic E-state index is -0.271. The van der Waals surface area contributed by atoms with Crippen molar-refractivity contribution < 1.29 is 0 Å². The molecule has 0 radical (unpaired) electrons. The number of allylic oxidation sites excluding steroid dienone is 2. The van der Waals surface area contributed by atoms with E-state index in [9.17, 15) is 0 Å². The number of rotatable bonds is 2. The Hall–Kier alpha value is -5.60. The third-order valence-corrected chi connectivity index (χ3v) is 11.4. The molecule has 8 aromatic rings. The molecule has 7 aromatic carbocycles. The number of hydrogen-bond acceptors (Lipinski definition) is 1. The fourth-order valence-corrected chi connectivity index (χ4v) is 9.40. The van der Waals surface area contributed by atoms with Crippen LogP contribution in [0.4, 0.5) is 5.69 Å². The molecule has 0 amide bonds. The molecule has 3 heterocycles. The highest BCUT2D eigenvalue weighted by Crippen LogP contribution is 2.58. The van der Waals surface area contributed by atoms with Crippen LogP contribution in [0.3, 0.4) is 0 Å². The monoisotopic (exact) mass is 600 g/mol. The number of fused-ring (bicyclic) bond motifs is 8. The Morgan fingerprint density at radius 3 is 2.11 bits per heavy atom. The molecule has 0 fully saturated rings. The molecule has 0 saturated carbocycles. The zero-order valence-electron chi connectivity index (χ0n) is 26.4. The Bertz CT molecular complexity index is 2730. The van der Waals surface area contributed by atoms with Crippen molar-refractivity contribution in [3.8, 4) is 11.1 Å². The molecule has 0 saturated heterocycles. The van der Waals surface area contributed by atoms with Crippen molar-refractivity contribution in [3.63, 3.8) is 0 Å². The molecule has 0 N–H and O–H groups in total. The van der Waals surface area contributed by atoms with E-state index in [1.54, 1.807) is 0 Å². The molecule has 3 aliphatic rings. The van der Waals surface area contributed by atoms with E-state index in [0.29, 0.717) is 0 Å². The summed E-state index contributed by atoms with van der Waals surface area (Å²) in [5.41, 5.74) is 10.4. The standard InChI is InChI=1S/C45H32N2/c1-45(2)46-40-23-19-30(34-15-7-11-27-9-3-5-13-32(27)34)25-38(40)36-21-17-29-18-22-37-39-26-31(35-16-8-12-28-10-4-6-14-33(28)35)20-24-41(39)47(45)44(37)42(29)43(36)46/h3-26,38,40H,1-2H3. The fraction of sp³-hybridized carbons (Fsp3) is 0.111. The summed E-state index contributed by atoms with van der Waals surface area (Å²) in [4.78, 5) is 2.73. The van der Waals surface area contributed by atoms with E-state index in [1.165, 1.54) is 87.6 Å². The van der Waals surface area contributed by atoms with Gasteiger partial charge < -0.3 is 9.47 Å². The van der Waals surface area contributed by atoms with Crippen LogP contribution >= 0.6 is 0 Å². The van der Waals surface area contributed by atoms with Crippen LogP contribution in [0, 0.1) is 0 Å². The smallest absolute Gasteiger partial charge is 0.112 e. The summed E-state index contributed by atoms with van der Waals surface area (Å²) >= 11 is 0. The molecule has 0 bridgehead atoms. The summed E-state index contributed by atoms with van der Waals surface area (Å²) in [7, 11) is 0. The van der Waals surface area contributed by atoms with Crippen LogP contribution in [-0.4, -0.2) is 10.6 Å². The van der Waals surface area contributed by atoms with Crippen molar-refractivity contribution >= 4 is 65.4 Å². The Kier molecular flexibility index (Phi) is 4.79. The van der Waals surface area contributed by atoms with Gasteiger partial charge in [-0.1, -0.05) is 133 Å². The lowest BCUT2D eigenvalue weighted by Crippen LogP contribution is -2.51. The number of benzene rings is 7. The summed E-state index contributed by atoms with van der Waals surface area (Å²) < 4.78 is 2.64. The molecule has 1 aliphatic carbocycles. The van der Waals surface area contributed by atoms with Gasteiger partial charge in [0.15, 0.2) is 0 Å². The lowest BCUT2D eigenvalue weighted by atomic mass is 9.84. The van der Waals surface area contributed by atoms with Crippen molar-refractivity contribution in [3.05, 3.63) is 157 Å². The number of aromatic nitrogens is 1. The van der Waals surface area contributed by atoms with Gasteiger partial charge in [0.25, 0.3) is 0 Å². The quantitative estimate of drug-likeness (QED) is 0.192. The normalized spacial score (nSPS) is 19.0. The van der Waals surface area contributed by atoms with Crippen molar-refractivity contribution in [1.29, 1.82) is 0 Å². The maximum Gasteiger partial charge on any atom is 0.112 e. The molecular formula is C45H32N2. The Morgan fingerprint density at radius 2 is 1.30 bits per heavy atom. The number of anilines is 1. The van der Waals surface area contributed by atoms with Crippen LogP contribution in [0.25, 0.3) is 70.8 Å². The van der Waals surface area contributed by atoms with Gasteiger partial charge in [0.2, 0.25) is 0 Å². The minimum absolute atomic E-state index is 0.250. The van der Waals surface area contributed by atoms with E-state index >= 15 is 0 Å².